The Morgan fingerprint density at radius 2 is 1.47 bits per heavy atom. The lowest BCUT2D eigenvalue weighted by atomic mass is 9.93. The summed E-state index contributed by atoms with van der Waals surface area (Å²) in [6.45, 7) is 6.37. The Morgan fingerprint density at radius 3 is 2.05 bits per heavy atom. The highest BCUT2D eigenvalue weighted by atomic mass is 16.3. The van der Waals surface area contributed by atoms with Gasteiger partial charge in [-0.3, -0.25) is 0 Å². The van der Waals surface area contributed by atoms with Crippen LogP contribution in [0, 0.1) is 20.8 Å². The highest BCUT2D eigenvalue weighted by Gasteiger charge is 2.11. The minimum Gasteiger partial charge on any atom is -0.392 e. The smallest absolute Gasteiger partial charge is 0.0621 e. The zero-order chi connectivity index (χ0) is 13.8. The standard InChI is InChI=1S/C18H22O/c1-13-9-14(2)18(15(3)10-13)12-17(19)11-16-7-5-4-6-8-16/h4-10,17,19H,11-12H2,1-3H3. The van der Waals surface area contributed by atoms with E-state index in [0.29, 0.717) is 6.42 Å². The van der Waals surface area contributed by atoms with Gasteiger partial charge in [-0.25, -0.2) is 0 Å². The molecule has 0 saturated carbocycles. The summed E-state index contributed by atoms with van der Waals surface area (Å²) >= 11 is 0. The number of aryl methyl sites for hydroxylation is 3. The third kappa shape index (κ3) is 3.68. The van der Waals surface area contributed by atoms with Crippen LogP contribution in [0.1, 0.15) is 27.8 Å². The van der Waals surface area contributed by atoms with E-state index in [-0.39, 0.29) is 6.10 Å². The van der Waals surface area contributed by atoms with Crippen LogP contribution in [-0.4, -0.2) is 11.2 Å². The molecule has 0 aliphatic heterocycles. The van der Waals surface area contributed by atoms with Gasteiger partial charge in [0.1, 0.15) is 0 Å². The van der Waals surface area contributed by atoms with Crippen LogP contribution in [0.25, 0.3) is 0 Å². The van der Waals surface area contributed by atoms with E-state index in [1.807, 2.05) is 18.2 Å². The third-order valence-electron chi connectivity index (χ3n) is 3.59. The first-order valence-electron chi connectivity index (χ1n) is 6.85. The van der Waals surface area contributed by atoms with Crippen molar-refractivity contribution < 1.29 is 5.11 Å². The average Bonchev–Trinajstić information content (AvgIpc) is 2.35. The van der Waals surface area contributed by atoms with E-state index < -0.39 is 0 Å². The fraction of sp³-hybridized carbons (Fsp3) is 0.333. The van der Waals surface area contributed by atoms with Gasteiger partial charge >= 0.3 is 0 Å². The van der Waals surface area contributed by atoms with E-state index in [0.717, 1.165) is 6.42 Å². The first-order valence-corrected chi connectivity index (χ1v) is 6.85. The predicted octanol–water partition coefficient (Wildman–Crippen LogP) is 3.76. The second-order valence-electron chi connectivity index (χ2n) is 5.42. The van der Waals surface area contributed by atoms with Crippen molar-refractivity contribution in [2.45, 2.75) is 39.7 Å². The molecule has 1 N–H and O–H groups in total. The van der Waals surface area contributed by atoms with Crippen molar-refractivity contribution in [1.29, 1.82) is 0 Å². The molecule has 2 rings (SSSR count). The van der Waals surface area contributed by atoms with E-state index in [9.17, 15) is 5.11 Å². The summed E-state index contributed by atoms with van der Waals surface area (Å²) in [6.07, 6.45) is 1.13. The van der Waals surface area contributed by atoms with Gasteiger partial charge in [-0.15, -0.1) is 0 Å². The number of aliphatic hydroxyl groups excluding tert-OH is 1. The fourth-order valence-corrected chi connectivity index (χ4v) is 2.73. The van der Waals surface area contributed by atoms with E-state index in [1.165, 1.54) is 27.8 Å². The van der Waals surface area contributed by atoms with Crippen LogP contribution in [0.4, 0.5) is 0 Å². The molecule has 1 nitrogen and oxygen atoms in total. The third-order valence-corrected chi connectivity index (χ3v) is 3.59. The largest absolute Gasteiger partial charge is 0.392 e. The van der Waals surface area contributed by atoms with Crippen LogP contribution >= 0.6 is 0 Å². The first-order chi connectivity index (χ1) is 9.06. The maximum atomic E-state index is 10.3. The van der Waals surface area contributed by atoms with Crippen molar-refractivity contribution in [3.8, 4) is 0 Å². The summed E-state index contributed by atoms with van der Waals surface area (Å²) in [4.78, 5) is 0. The summed E-state index contributed by atoms with van der Waals surface area (Å²) < 4.78 is 0. The molecule has 0 aliphatic rings. The molecule has 2 aromatic rings. The van der Waals surface area contributed by atoms with Gasteiger partial charge in [-0.1, -0.05) is 48.0 Å². The summed E-state index contributed by atoms with van der Waals surface area (Å²) in [5.74, 6) is 0. The topological polar surface area (TPSA) is 20.2 Å². The van der Waals surface area contributed by atoms with Gasteiger partial charge in [-0.2, -0.15) is 0 Å². The number of aliphatic hydroxyl groups is 1. The molecule has 100 valence electrons. The van der Waals surface area contributed by atoms with Gasteiger partial charge in [0, 0.05) is 0 Å². The molecule has 0 spiro atoms. The molecule has 0 aromatic heterocycles. The summed E-state index contributed by atoms with van der Waals surface area (Å²) in [6, 6.07) is 14.6. The minimum atomic E-state index is -0.317. The second-order valence-corrected chi connectivity index (χ2v) is 5.42. The molecule has 0 bridgehead atoms. The van der Waals surface area contributed by atoms with E-state index in [2.05, 4.69) is 45.0 Å². The van der Waals surface area contributed by atoms with Crippen LogP contribution in [0.2, 0.25) is 0 Å². The molecule has 1 unspecified atom stereocenters. The molecule has 0 heterocycles. The molecular formula is C18H22O. The summed E-state index contributed by atoms with van der Waals surface area (Å²) in [7, 11) is 0. The molecule has 2 aromatic carbocycles. The lowest BCUT2D eigenvalue weighted by Gasteiger charge is -2.16. The van der Waals surface area contributed by atoms with Crippen molar-refractivity contribution in [1.82, 2.24) is 0 Å². The second kappa shape index (κ2) is 6.03. The first kappa shape index (κ1) is 13.8. The van der Waals surface area contributed by atoms with Crippen molar-refractivity contribution >= 4 is 0 Å². The number of hydrogen-bond acceptors (Lipinski definition) is 1. The van der Waals surface area contributed by atoms with Crippen molar-refractivity contribution in [2.24, 2.45) is 0 Å². The van der Waals surface area contributed by atoms with Crippen LogP contribution in [0.3, 0.4) is 0 Å². The van der Waals surface area contributed by atoms with Crippen LogP contribution < -0.4 is 0 Å². The van der Waals surface area contributed by atoms with Gasteiger partial charge in [0.05, 0.1) is 6.10 Å². The van der Waals surface area contributed by atoms with Gasteiger partial charge in [0.2, 0.25) is 0 Å². The monoisotopic (exact) mass is 254 g/mol. The summed E-state index contributed by atoms with van der Waals surface area (Å²) in [5.41, 5.74) is 6.33. The Morgan fingerprint density at radius 1 is 0.895 bits per heavy atom. The average molecular weight is 254 g/mol. The van der Waals surface area contributed by atoms with Crippen molar-refractivity contribution in [3.63, 3.8) is 0 Å². The number of hydrogen-bond donors (Lipinski definition) is 1. The van der Waals surface area contributed by atoms with Gasteiger partial charge in [0.15, 0.2) is 0 Å². The minimum absolute atomic E-state index is 0.317. The Kier molecular flexibility index (Phi) is 4.39. The Balaban J connectivity index is 2.09. The highest BCUT2D eigenvalue weighted by Crippen LogP contribution is 2.19. The van der Waals surface area contributed by atoms with Gasteiger partial charge in [0.25, 0.3) is 0 Å². The van der Waals surface area contributed by atoms with Crippen LogP contribution in [0.5, 0.6) is 0 Å². The molecule has 1 heteroatoms. The molecule has 0 radical (unpaired) electrons. The zero-order valence-electron chi connectivity index (χ0n) is 12.0. The van der Waals surface area contributed by atoms with Crippen molar-refractivity contribution in [2.75, 3.05) is 0 Å². The molecule has 1 atom stereocenters. The van der Waals surface area contributed by atoms with E-state index >= 15 is 0 Å². The molecule has 0 saturated heterocycles. The Labute approximate surface area is 115 Å². The van der Waals surface area contributed by atoms with E-state index in [4.69, 9.17) is 0 Å². The van der Waals surface area contributed by atoms with Crippen LogP contribution in [-0.2, 0) is 12.8 Å². The molecule has 0 aliphatic carbocycles. The summed E-state index contributed by atoms with van der Waals surface area (Å²) in [5, 5.41) is 10.3. The molecule has 0 fully saturated rings. The molecule has 19 heavy (non-hydrogen) atoms. The maximum absolute atomic E-state index is 10.3. The highest BCUT2D eigenvalue weighted by molar-refractivity contribution is 5.38. The SMILES string of the molecule is Cc1cc(C)c(CC(O)Cc2ccccc2)c(C)c1. The van der Waals surface area contributed by atoms with Gasteiger partial charge in [-0.05, 0) is 55.9 Å². The maximum Gasteiger partial charge on any atom is 0.0621 e. The van der Waals surface area contributed by atoms with E-state index in [1.54, 1.807) is 0 Å². The lowest BCUT2D eigenvalue weighted by molar-refractivity contribution is 0.175. The fourth-order valence-electron chi connectivity index (χ4n) is 2.73. The zero-order valence-corrected chi connectivity index (χ0v) is 12.0. The Bertz CT molecular complexity index is 520. The molecule has 0 amide bonds. The van der Waals surface area contributed by atoms with Gasteiger partial charge < -0.3 is 5.11 Å². The predicted molar refractivity (Wildman–Crippen MR) is 80.5 cm³/mol. The quantitative estimate of drug-likeness (QED) is 0.881. The molecular weight excluding hydrogens is 232 g/mol. The number of benzene rings is 2. The van der Waals surface area contributed by atoms with Crippen LogP contribution in [0.15, 0.2) is 42.5 Å². The lowest BCUT2D eigenvalue weighted by Crippen LogP contribution is -2.15. The number of rotatable bonds is 4. The van der Waals surface area contributed by atoms with Crippen molar-refractivity contribution in [3.05, 3.63) is 70.3 Å². The normalized spacial score (nSPS) is 12.4. The Hall–Kier alpha value is -1.60.